The van der Waals surface area contributed by atoms with E-state index in [0.29, 0.717) is 30.6 Å². The summed E-state index contributed by atoms with van der Waals surface area (Å²) in [4.78, 5) is 15.9. The van der Waals surface area contributed by atoms with E-state index in [2.05, 4.69) is 10.3 Å². The Balaban J connectivity index is 1.52. The maximum atomic E-state index is 12.6. The minimum atomic E-state index is -4.55. The van der Waals surface area contributed by atoms with Crippen molar-refractivity contribution in [2.45, 2.75) is 49.7 Å². The zero-order valence-corrected chi connectivity index (χ0v) is 17.3. The molecule has 1 fully saturated rings. The number of hydrogen-bond acceptors (Lipinski definition) is 4. The van der Waals surface area contributed by atoms with Crippen LogP contribution in [0.15, 0.2) is 47.5 Å². The second-order valence-corrected chi connectivity index (χ2v) is 9.75. The smallest absolute Gasteiger partial charge is 0.349 e. The van der Waals surface area contributed by atoms with Gasteiger partial charge >= 0.3 is 6.18 Å². The van der Waals surface area contributed by atoms with E-state index in [9.17, 15) is 26.4 Å². The lowest BCUT2D eigenvalue weighted by Gasteiger charge is -2.29. The summed E-state index contributed by atoms with van der Waals surface area (Å²) < 4.78 is 63.0. The number of hydrogen-bond donors (Lipinski definition) is 1. The van der Waals surface area contributed by atoms with Crippen molar-refractivity contribution >= 4 is 15.7 Å². The fraction of sp³-hybridized carbons (Fsp3) is 0.429. The van der Waals surface area contributed by atoms with E-state index in [4.69, 9.17) is 0 Å². The highest BCUT2D eigenvalue weighted by Crippen LogP contribution is 2.29. The first-order valence-corrected chi connectivity index (χ1v) is 11.3. The fourth-order valence-corrected chi connectivity index (χ4v) is 5.45. The lowest BCUT2D eigenvalue weighted by atomic mass is 9.87. The topological polar surface area (TPSA) is 76.1 Å². The normalized spacial score (nSPS) is 20.0. The van der Waals surface area contributed by atoms with Crippen LogP contribution in [0.1, 0.15) is 47.3 Å². The molecule has 0 aliphatic heterocycles. The van der Waals surface area contributed by atoms with Crippen molar-refractivity contribution in [1.29, 1.82) is 0 Å². The molecule has 0 spiro atoms. The number of aromatic nitrogens is 1. The first kappa shape index (κ1) is 22.3. The van der Waals surface area contributed by atoms with Crippen molar-refractivity contribution in [2.24, 2.45) is 5.92 Å². The van der Waals surface area contributed by atoms with Crippen LogP contribution in [0.2, 0.25) is 0 Å². The van der Waals surface area contributed by atoms with Crippen LogP contribution in [0.4, 0.5) is 13.2 Å². The van der Waals surface area contributed by atoms with Gasteiger partial charge in [-0.05, 0) is 68.4 Å². The molecule has 1 aliphatic rings. The number of pyridine rings is 1. The van der Waals surface area contributed by atoms with Gasteiger partial charge in [0.1, 0.15) is 5.69 Å². The highest BCUT2D eigenvalue weighted by Gasteiger charge is 2.32. The van der Waals surface area contributed by atoms with Gasteiger partial charge in [-0.25, -0.2) is 8.42 Å². The van der Waals surface area contributed by atoms with Crippen LogP contribution in [0, 0.1) is 12.8 Å². The van der Waals surface area contributed by atoms with Crippen molar-refractivity contribution in [3.63, 3.8) is 0 Å². The maximum Gasteiger partial charge on any atom is 0.433 e. The van der Waals surface area contributed by atoms with Crippen molar-refractivity contribution in [3.8, 4) is 0 Å². The van der Waals surface area contributed by atoms with Crippen molar-refractivity contribution < 1.29 is 26.4 Å². The van der Waals surface area contributed by atoms with Gasteiger partial charge in [-0.2, -0.15) is 13.2 Å². The average molecular weight is 440 g/mol. The second-order valence-electron chi connectivity index (χ2n) is 7.72. The lowest BCUT2D eigenvalue weighted by Crippen LogP contribution is -2.38. The van der Waals surface area contributed by atoms with Gasteiger partial charge in [-0.3, -0.25) is 9.78 Å². The molecule has 1 N–H and O–H groups in total. The second kappa shape index (κ2) is 8.75. The van der Waals surface area contributed by atoms with Gasteiger partial charge in [-0.15, -0.1) is 0 Å². The highest BCUT2D eigenvalue weighted by atomic mass is 32.2. The maximum absolute atomic E-state index is 12.6. The number of carbonyl (C=O) groups is 1. The van der Waals surface area contributed by atoms with Gasteiger partial charge in [0.2, 0.25) is 0 Å². The molecule has 1 heterocycles. The molecule has 1 aromatic carbocycles. The standard InChI is InChI=1S/C21H23F3N2O3S/c1-14-3-2-4-18(11-14)30(28,29)13-15-5-8-17(9-6-15)26-20(27)16-7-10-19(25-12-16)21(22,23)24/h2-4,7,10-12,15,17H,5-6,8-9,13H2,1H3,(H,26,27). The molecule has 0 radical (unpaired) electrons. The van der Waals surface area contributed by atoms with Gasteiger partial charge in [0, 0.05) is 12.2 Å². The van der Waals surface area contributed by atoms with Gasteiger partial charge in [0.05, 0.1) is 16.2 Å². The minimum absolute atomic E-state index is 0.0106. The number of aryl methyl sites for hydroxylation is 1. The van der Waals surface area contributed by atoms with Crippen LogP contribution in [0.5, 0.6) is 0 Å². The average Bonchev–Trinajstić information content (AvgIpc) is 2.69. The molecule has 162 valence electrons. The monoisotopic (exact) mass is 440 g/mol. The molecule has 1 aliphatic carbocycles. The first-order valence-electron chi connectivity index (χ1n) is 9.68. The van der Waals surface area contributed by atoms with Crippen molar-refractivity contribution in [2.75, 3.05) is 5.75 Å². The molecule has 0 saturated heterocycles. The summed E-state index contributed by atoms with van der Waals surface area (Å²) >= 11 is 0. The Labute approximate surface area is 173 Å². The Bertz CT molecular complexity index is 997. The minimum Gasteiger partial charge on any atom is -0.349 e. The summed E-state index contributed by atoms with van der Waals surface area (Å²) in [6.07, 6.45) is -1.09. The molecule has 0 atom stereocenters. The van der Waals surface area contributed by atoms with E-state index in [1.807, 2.05) is 13.0 Å². The largest absolute Gasteiger partial charge is 0.433 e. The Morgan fingerprint density at radius 2 is 1.83 bits per heavy atom. The summed E-state index contributed by atoms with van der Waals surface area (Å²) in [6.45, 7) is 1.85. The van der Waals surface area contributed by atoms with E-state index in [1.165, 1.54) is 0 Å². The number of benzene rings is 1. The van der Waals surface area contributed by atoms with Gasteiger partial charge in [0.15, 0.2) is 9.84 Å². The molecule has 0 unspecified atom stereocenters. The lowest BCUT2D eigenvalue weighted by molar-refractivity contribution is -0.141. The number of nitrogens with one attached hydrogen (secondary N) is 1. The van der Waals surface area contributed by atoms with Crippen LogP contribution >= 0.6 is 0 Å². The summed E-state index contributed by atoms with van der Waals surface area (Å²) in [6, 6.07) is 8.58. The summed E-state index contributed by atoms with van der Waals surface area (Å²) in [5.74, 6) is -0.400. The summed E-state index contributed by atoms with van der Waals surface area (Å²) in [5, 5.41) is 2.81. The molecule has 0 bridgehead atoms. The zero-order chi connectivity index (χ0) is 21.9. The summed E-state index contributed by atoms with van der Waals surface area (Å²) in [7, 11) is -3.37. The van der Waals surface area contributed by atoms with Crippen LogP contribution in [0.3, 0.4) is 0 Å². The Morgan fingerprint density at radius 1 is 1.13 bits per heavy atom. The van der Waals surface area contributed by atoms with E-state index >= 15 is 0 Å². The van der Waals surface area contributed by atoms with Crippen LogP contribution in [-0.4, -0.2) is 31.1 Å². The molecule has 1 amide bonds. The predicted molar refractivity (Wildman–Crippen MR) is 106 cm³/mol. The van der Waals surface area contributed by atoms with Crippen LogP contribution in [-0.2, 0) is 16.0 Å². The number of sulfone groups is 1. The number of amides is 1. The van der Waals surface area contributed by atoms with Crippen molar-refractivity contribution in [1.82, 2.24) is 10.3 Å². The number of rotatable bonds is 5. The Kier molecular flexibility index (Phi) is 6.50. The molecular formula is C21H23F3N2O3S. The quantitative estimate of drug-likeness (QED) is 0.757. The number of carbonyl (C=O) groups excluding carboxylic acids is 1. The van der Waals surface area contributed by atoms with Gasteiger partial charge < -0.3 is 5.32 Å². The summed E-state index contributed by atoms with van der Waals surface area (Å²) in [5.41, 5.74) is -0.0956. The molecule has 30 heavy (non-hydrogen) atoms. The number of alkyl halides is 3. The molecule has 3 rings (SSSR count). The third-order valence-electron chi connectivity index (χ3n) is 5.30. The third-order valence-corrected chi connectivity index (χ3v) is 7.18. The van der Waals surface area contributed by atoms with Crippen molar-refractivity contribution in [3.05, 3.63) is 59.4 Å². The Hall–Kier alpha value is -2.42. The number of nitrogens with zero attached hydrogens (tertiary/aromatic N) is 1. The SMILES string of the molecule is Cc1cccc(S(=O)(=O)CC2CCC(NC(=O)c3ccc(C(F)(F)F)nc3)CC2)c1. The molecule has 1 saturated carbocycles. The predicted octanol–water partition coefficient (Wildman–Crippen LogP) is 4.17. The molecular weight excluding hydrogens is 417 g/mol. The number of halogens is 3. The van der Waals surface area contributed by atoms with E-state index in [0.717, 1.165) is 23.9 Å². The third kappa shape index (κ3) is 5.59. The van der Waals surface area contributed by atoms with E-state index < -0.39 is 27.6 Å². The Morgan fingerprint density at radius 3 is 2.40 bits per heavy atom. The molecule has 5 nitrogen and oxygen atoms in total. The zero-order valence-electron chi connectivity index (χ0n) is 16.4. The van der Waals surface area contributed by atoms with E-state index in [-0.39, 0.29) is 23.3 Å². The highest BCUT2D eigenvalue weighted by molar-refractivity contribution is 7.91. The molecule has 9 heteroatoms. The van der Waals surface area contributed by atoms with Gasteiger partial charge in [0.25, 0.3) is 5.91 Å². The first-order chi connectivity index (χ1) is 14.0. The molecule has 2 aromatic rings. The molecule has 1 aromatic heterocycles. The van der Waals surface area contributed by atoms with Gasteiger partial charge in [-0.1, -0.05) is 12.1 Å². The van der Waals surface area contributed by atoms with Crippen LogP contribution < -0.4 is 5.32 Å². The van der Waals surface area contributed by atoms with Crippen LogP contribution in [0.25, 0.3) is 0 Å². The fourth-order valence-electron chi connectivity index (χ4n) is 3.65. The van der Waals surface area contributed by atoms with E-state index in [1.54, 1.807) is 18.2 Å².